The fourth-order valence-electron chi connectivity index (χ4n) is 1.32. The molecule has 1 heterocycles. The first kappa shape index (κ1) is 13.8. The third-order valence-electron chi connectivity index (χ3n) is 2.19. The average molecular weight is 254 g/mol. The molecule has 0 radical (unpaired) electrons. The van der Waals surface area contributed by atoms with Crippen molar-refractivity contribution in [3.63, 3.8) is 0 Å². The second-order valence-electron chi connectivity index (χ2n) is 3.88. The van der Waals surface area contributed by atoms with Crippen molar-refractivity contribution in [3.8, 4) is 0 Å². The van der Waals surface area contributed by atoms with Gasteiger partial charge in [0.25, 0.3) is 0 Å². The number of rotatable bonds is 6. The number of nitrogens with zero attached hydrogens (tertiary/aromatic N) is 4. The summed E-state index contributed by atoms with van der Waals surface area (Å²) in [6.45, 7) is 9.03. The minimum absolute atomic E-state index is 0.100. The molecular weight excluding hydrogens is 236 g/mol. The van der Waals surface area contributed by atoms with Gasteiger partial charge < -0.3 is 9.47 Å². The van der Waals surface area contributed by atoms with Crippen LogP contribution in [-0.4, -0.2) is 44.4 Å². The number of hydrogen-bond donors (Lipinski definition) is 0. The number of carbonyl (C=O) groups is 1. The van der Waals surface area contributed by atoms with Crippen LogP contribution in [0.3, 0.4) is 0 Å². The van der Waals surface area contributed by atoms with Crippen LogP contribution in [0.2, 0.25) is 0 Å². The van der Waals surface area contributed by atoms with Crippen LogP contribution in [0.25, 0.3) is 0 Å². The second-order valence-corrected chi connectivity index (χ2v) is 4.82. The Hall–Kier alpha value is -1.30. The van der Waals surface area contributed by atoms with E-state index >= 15 is 0 Å². The Balaban J connectivity index is 2.48. The Morgan fingerprint density at radius 3 is 2.82 bits per heavy atom. The minimum atomic E-state index is 0.100. The molecule has 0 aromatic carbocycles. The Morgan fingerprint density at radius 1 is 1.65 bits per heavy atom. The maximum Gasteiger partial charge on any atom is 0.233 e. The number of aryl methyl sites for hydroxylation is 1. The molecule has 0 unspecified atom stereocenters. The van der Waals surface area contributed by atoms with E-state index in [1.54, 1.807) is 15.8 Å². The van der Waals surface area contributed by atoms with Gasteiger partial charge in [0.1, 0.15) is 6.33 Å². The molecule has 1 amide bonds. The highest BCUT2D eigenvalue weighted by Gasteiger charge is 2.13. The lowest BCUT2D eigenvalue weighted by molar-refractivity contribution is -0.127. The molecule has 1 aromatic heterocycles. The maximum absolute atomic E-state index is 11.9. The first-order valence-corrected chi connectivity index (χ1v) is 6.42. The summed E-state index contributed by atoms with van der Waals surface area (Å²) < 4.78 is 1.80. The molecule has 94 valence electrons. The Kier molecular flexibility index (Phi) is 5.21. The van der Waals surface area contributed by atoms with Gasteiger partial charge in [-0.05, 0) is 13.8 Å². The van der Waals surface area contributed by atoms with Gasteiger partial charge in [0.05, 0.1) is 5.75 Å². The van der Waals surface area contributed by atoms with E-state index in [2.05, 4.69) is 16.8 Å². The predicted octanol–water partition coefficient (Wildman–Crippen LogP) is 1.33. The number of likely N-dealkylation sites (N-methyl/N-ethyl adjacent to an activating group) is 1. The molecule has 0 atom stereocenters. The van der Waals surface area contributed by atoms with Crippen LogP contribution in [0.4, 0.5) is 0 Å². The molecule has 0 N–H and O–H groups in total. The van der Waals surface area contributed by atoms with Crippen LogP contribution in [0, 0.1) is 0 Å². The molecule has 0 aliphatic carbocycles. The molecule has 1 rings (SSSR count). The lowest BCUT2D eigenvalue weighted by Crippen LogP contribution is -2.33. The summed E-state index contributed by atoms with van der Waals surface area (Å²) in [4.78, 5) is 13.7. The third-order valence-corrected chi connectivity index (χ3v) is 3.21. The highest BCUT2D eigenvalue weighted by molar-refractivity contribution is 7.99. The van der Waals surface area contributed by atoms with Crippen molar-refractivity contribution in [1.29, 1.82) is 0 Å². The molecule has 0 spiro atoms. The van der Waals surface area contributed by atoms with E-state index in [1.165, 1.54) is 11.8 Å². The van der Waals surface area contributed by atoms with Crippen molar-refractivity contribution >= 4 is 17.7 Å². The van der Waals surface area contributed by atoms with Crippen LogP contribution in [0.15, 0.2) is 23.6 Å². The molecule has 1 aromatic rings. The summed E-state index contributed by atoms with van der Waals surface area (Å²) in [5.41, 5.74) is 0.990. The van der Waals surface area contributed by atoms with Crippen molar-refractivity contribution in [1.82, 2.24) is 19.7 Å². The topological polar surface area (TPSA) is 51.0 Å². The largest absolute Gasteiger partial charge is 0.338 e. The summed E-state index contributed by atoms with van der Waals surface area (Å²) in [5, 5.41) is 8.44. The SMILES string of the molecule is C=C(C)CN(CC)C(=O)CSc1nncn1C. The van der Waals surface area contributed by atoms with E-state index in [-0.39, 0.29) is 5.91 Å². The smallest absolute Gasteiger partial charge is 0.233 e. The summed E-state index contributed by atoms with van der Waals surface area (Å²) in [6, 6.07) is 0. The van der Waals surface area contributed by atoms with Crippen LogP contribution < -0.4 is 0 Å². The summed E-state index contributed by atoms with van der Waals surface area (Å²) in [7, 11) is 1.86. The Bertz CT molecular complexity index is 402. The van der Waals surface area contributed by atoms with Gasteiger partial charge in [-0.25, -0.2) is 0 Å². The zero-order chi connectivity index (χ0) is 12.8. The zero-order valence-corrected chi connectivity index (χ0v) is 11.3. The molecule has 5 nitrogen and oxygen atoms in total. The number of hydrogen-bond acceptors (Lipinski definition) is 4. The number of thioether (sulfide) groups is 1. The molecular formula is C11H18N4OS. The number of carbonyl (C=O) groups excluding carboxylic acids is 1. The van der Waals surface area contributed by atoms with E-state index in [4.69, 9.17) is 0 Å². The van der Waals surface area contributed by atoms with E-state index < -0.39 is 0 Å². The van der Waals surface area contributed by atoms with E-state index in [0.717, 1.165) is 10.7 Å². The van der Waals surface area contributed by atoms with E-state index in [1.807, 2.05) is 20.9 Å². The van der Waals surface area contributed by atoms with Crippen LogP contribution in [0.1, 0.15) is 13.8 Å². The Morgan fingerprint density at radius 2 is 2.35 bits per heavy atom. The van der Waals surface area contributed by atoms with E-state index in [0.29, 0.717) is 18.8 Å². The highest BCUT2D eigenvalue weighted by Crippen LogP contribution is 2.14. The number of aromatic nitrogens is 3. The summed E-state index contributed by atoms with van der Waals surface area (Å²) in [6.07, 6.45) is 1.62. The van der Waals surface area contributed by atoms with Gasteiger partial charge >= 0.3 is 0 Å². The summed E-state index contributed by atoms with van der Waals surface area (Å²) >= 11 is 1.40. The van der Waals surface area contributed by atoms with Gasteiger partial charge in [-0.15, -0.1) is 10.2 Å². The van der Waals surface area contributed by atoms with Crippen LogP contribution in [0.5, 0.6) is 0 Å². The first-order valence-electron chi connectivity index (χ1n) is 5.43. The lowest BCUT2D eigenvalue weighted by atomic mass is 10.3. The molecule has 17 heavy (non-hydrogen) atoms. The van der Waals surface area contributed by atoms with Gasteiger partial charge in [-0.2, -0.15) is 0 Å². The van der Waals surface area contributed by atoms with Gasteiger partial charge in [-0.1, -0.05) is 23.9 Å². The van der Waals surface area contributed by atoms with Crippen molar-refractivity contribution < 1.29 is 4.79 Å². The molecule has 6 heteroatoms. The molecule has 0 aliphatic rings. The second kappa shape index (κ2) is 6.44. The first-order chi connectivity index (χ1) is 8.04. The monoisotopic (exact) mass is 254 g/mol. The lowest BCUT2D eigenvalue weighted by Gasteiger charge is -2.20. The quantitative estimate of drug-likeness (QED) is 0.568. The molecule has 0 aliphatic heterocycles. The maximum atomic E-state index is 11.9. The fraction of sp³-hybridized carbons (Fsp3) is 0.545. The van der Waals surface area contributed by atoms with Crippen molar-refractivity contribution in [3.05, 3.63) is 18.5 Å². The minimum Gasteiger partial charge on any atom is -0.338 e. The van der Waals surface area contributed by atoms with Gasteiger partial charge in [0.2, 0.25) is 5.91 Å². The number of amides is 1. The normalized spacial score (nSPS) is 10.3. The highest BCUT2D eigenvalue weighted by atomic mass is 32.2. The van der Waals surface area contributed by atoms with Gasteiger partial charge in [-0.3, -0.25) is 4.79 Å². The van der Waals surface area contributed by atoms with Crippen molar-refractivity contribution in [2.45, 2.75) is 19.0 Å². The fourth-order valence-corrected chi connectivity index (χ4v) is 2.11. The molecule has 0 fully saturated rings. The van der Waals surface area contributed by atoms with Crippen molar-refractivity contribution in [2.75, 3.05) is 18.8 Å². The van der Waals surface area contributed by atoms with E-state index in [9.17, 15) is 4.79 Å². The van der Waals surface area contributed by atoms with Crippen molar-refractivity contribution in [2.24, 2.45) is 7.05 Å². The predicted molar refractivity (Wildman–Crippen MR) is 68.8 cm³/mol. The standard InChI is InChI=1S/C11H18N4OS/c1-5-15(6-9(2)3)10(16)7-17-11-13-12-8-14(11)4/h8H,2,5-7H2,1,3-4H3. The molecule has 0 saturated heterocycles. The van der Waals surface area contributed by atoms with Gasteiger partial charge in [0, 0.05) is 20.1 Å². The third kappa shape index (κ3) is 4.22. The zero-order valence-electron chi connectivity index (χ0n) is 10.5. The summed E-state index contributed by atoms with van der Waals surface area (Å²) in [5.74, 6) is 0.483. The molecule has 0 bridgehead atoms. The Labute approximate surface area is 106 Å². The van der Waals surface area contributed by atoms with Gasteiger partial charge in [0.15, 0.2) is 5.16 Å². The van der Waals surface area contributed by atoms with Crippen LogP contribution in [-0.2, 0) is 11.8 Å². The van der Waals surface area contributed by atoms with Crippen LogP contribution >= 0.6 is 11.8 Å². The average Bonchev–Trinajstić information content (AvgIpc) is 2.68. The molecule has 0 saturated carbocycles.